The summed E-state index contributed by atoms with van der Waals surface area (Å²) < 4.78 is 0. The highest BCUT2D eigenvalue weighted by Gasteiger charge is 2.35. The van der Waals surface area contributed by atoms with E-state index in [9.17, 15) is 4.79 Å². The van der Waals surface area contributed by atoms with E-state index >= 15 is 0 Å². The van der Waals surface area contributed by atoms with E-state index in [1.165, 1.54) is 17.1 Å². The van der Waals surface area contributed by atoms with Crippen molar-refractivity contribution in [3.63, 3.8) is 0 Å². The molecule has 2 aliphatic heterocycles. The zero-order chi connectivity index (χ0) is 16.3. The number of likely N-dealkylation sites (tertiary alicyclic amines) is 1. The van der Waals surface area contributed by atoms with Crippen LogP contribution in [0, 0.1) is 5.41 Å². The lowest BCUT2D eigenvalue weighted by molar-refractivity contribution is 0.0777. The topological polar surface area (TPSA) is 49.6 Å². The van der Waals surface area contributed by atoms with Crippen LogP contribution in [0.25, 0.3) is 0 Å². The van der Waals surface area contributed by atoms with E-state index in [1.807, 2.05) is 28.8 Å². The molecule has 1 atom stereocenters. The third-order valence-corrected chi connectivity index (χ3v) is 5.99. The van der Waals surface area contributed by atoms with E-state index in [1.54, 1.807) is 0 Å². The normalized spacial score (nSPS) is 23.7. The Balaban J connectivity index is 0.00000156. The highest BCUT2D eigenvalue weighted by molar-refractivity contribution is 7.99. The number of nitrogens with zero attached hydrogens (tertiary/aromatic N) is 2. The van der Waals surface area contributed by atoms with Crippen molar-refractivity contribution in [1.82, 2.24) is 9.80 Å². The van der Waals surface area contributed by atoms with Crippen LogP contribution in [0.2, 0.25) is 0 Å². The van der Waals surface area contributed by atoms with Crippen molar-refractivity contribution in [2.45, 2.75) is 19.9 Å². The predicted octanol–water partition coefficient (Wildman–Crippen LogP) is 2.89. The number of nitrogens with two attached hydrogens (primary N) is 1. The van der Waals surface area contributed by atoms with Crippen LogP contribution in [0.1, 0.15) is 29.3 Å². The van der Waals surface area contributed by atoms with Gasteiger partial charge in [0.05, 0.1) is 0 Å². The van der Waals surface area contributed by atoms with Gasteiger partial charge in [0.2, 0.25) is 0 Å². The molecule has 0 aromatic heterocycles. The van der Waals surface area contributed by atoms with Gasteiger partial charge in [-0.05, 0) is 36.1 Å². The number of hydrogen-bond acceptors (Lipinski definition) is 4. The average Bonchev–Trinajstić information content (AvgIpc) is 2.99. The minimum atomic E-state index is 0. The van der Waals surface area contributed by atoms with Crippen molar-refractivity contribution in [3.05, 3.63) is 35.4 Å². The van der Waals surface area contributed by atoms with Gasteiger partial charge < -0.3 is 10.6 Å². The van der Waals surface area contributed by atoms with Gasteiger partial charge in [0.15, 0.2) is 0 Å². The Kier molecular flexibility index (Phi) is 9.05. The first-order valence-electron chi connectivity index (χ1n) is 8.48. The number of halogens is 2. The maximum absolute atomic E-state index is 12.6. The van der Waals surface area contributed by atoms with Crippen LogP contribution in [0.5, 0.6) is 0 Å². The summed E-state index contributed by atoms with van der Waals surface area (Å²) in [4.78, 5) is 17.1. The number of rotatable bonds is 4. The molecule has 4 nitrogen and oxygen atoms in total. The summed E-state index contributed by atoms with van der Waals surface area (Å²) >= 11 is 2.03. The predicted molar refractivity (Wildman–Crippen MR) is 111 cm³/mol. The van der Waals surface area contributed by atoms with Gasteiger partial charge in [0, 0.05) is 49.8 Å². The molecule has 2 aliphatic rings. The molecule has 7 heteroatoms. The maximum Gasteiger partial charge on any atom is 0.253 e. The van der Waals surface area contributed by atoms with E-state index < -0.39 is 0 Å². The standard InChI is InChI=1S/C18H27N3OS.2ClH/c1-18(13-19)6-7-21(14-18)17(22)16-4-2-15(3-5-16)12-20-8-10-23-11-9-20;;/h2-5H,6-14,19H2,1H3;2*1H. The Morgan fingerprint density at radius 2 is 1.80 bits per heavy atom. The Morgan fingerprint density at radius 1 is 1.16 bits per heavy atom. The molecular weight excluding hydrogens is 377 g/mol. The molecule has 25 heavy (non-hydrogen) atoms. The number of amides is 1. The minimum Gasteiger partial charge on any atom is -0.338 e. The van der Waals surface area contributed by atoms with Gasteiger partial charge in [0.1, 0.15) is 0 Å². The van der Waals surface area contributed by atoms with Gasteiger partial charge in [-0.3, -0.25) is 9.69 Å². The van der Waals surface area contributed by atoms with Crippen molar-refractivity contribution in [1.29, 1.82) is 0 Å². The Bertz CT molecular complexity index is 552. The third kappa shape index (κ3) is 5.76. The fraction of sp³-hybridized carbons (Fsp3) is 0.611. The molecule has 0 saturated carbocycles. The molecule has 1 aromatic carbocycles. The number of hydrogen-bond donors (Lipinski definition) is 1. The zero-order valence-corrected chi connectivity index (χ0v) is 17.2. The first-order valence-corrected chi connectivity index (χ1v) is 9.63. The quantitative estimate of drug-likeness (QED) is 0.836. The van der Waals surface area contributed by atoms with Crippen LogP contribution in [-0.4, -0.2) is 59.9 Å². The molecule has 0 aliphatic carbocycles. The molecule has 0 radical (unpaired) electrons. The molecule has 0 spiro atoms. The summed E-state index contributed by atoms with van der Waals surface area (Å²) in [6.07, 6.45) is 1.00. The Morgan fingerprint density at radius 3 is 2.36 bits per heavy atom. The third-order valence-electron chi connectivity index (χ3n) is 5.05. The molecule has 1 amide bonds. The van der Waals surface area contributed by atoms with Crippen LogP contribution < -0.4 is 5.73 Å². The molecule has 2 N–H and O–H groups in total. The maximum atomic E-state index is 12.6. The number of carbonyl (C=O) groups excluding carboxylic acids is 1. The van der Waals surface area contributed by atoms with E-state index in [4.69, 9.17) is 5.73 Å². The Hall–Kier alpha value is -0.460. The lowest BCUT2D eigenvalue weighted by atomic mass is 9.90. The van der Waals surface area contributed by atoms with Crippen LogP contribution in [0.3, 0.4) is 0 Å². The van der Waals surface area contributed by atoms with E-state index in [0.717, 1.165) is 44.7 Å². The first-order chi connectivity index (χ1) is 11.1. The highest BCUT2D eigenvalue weighted by atomic mass is 35.5. The number of benzene rings is 1. The first kappa shape index (κ1) is 22.6. The second-order valence-corrected chi connectivity index (χ2v) is 8.30. The van der Waals surface area contributed by atoms with E-state index in [-0.39, 0.29) is 36.1 Å². The van der Waals surface area contributed by atoms with Crippen molar-refractivity contribution in [3.8, 4) is 0 Å². The van der Waals surface area contributed by atoms with Gasteiger partial charge in [-0.1, -0.05) is 19.1 Å². The summed E-state index contributed by atoms with van der Waals surface area (Å²) in [5, 5.41) is 0. The van der Waals surface area contributed by atoms with Crippen LogP contribution in [0.15, 0.2) is 24.3 Å². The van der Waals surface area contributed by atoms with Crippen LogP contribution in [0.4, 0.5) is 0 Å². The van der Waals surface area contributed by atoms with Crippen molar-refractivity contribution in [2.75, 3.05) is 44.2 Å². The fourth-order valence-electron chi connectivity index (χ4n) is 3.32. The molecule has 142 valence electrons. The van der Waals surface area contributed by atoms with E-state index in [0.29, 0.717) is 6.54 Å². The lowest BCUT2D eigenvalue weighted by Gasteiger charge is -2.26. The summed E-state index contributed by atoms with van der Waals surface area (Å²) in [5.74, 6) is 2.60. The van der Waals surface area contributed by atoms with Gasteiger partial charge in [-0.15, -0.1) is 24.8 Å². The monoisotopic (exact) mass is 405 g/mol. The summed E-state index contributed by atoms with van der Waals surface area (Å²) in [6.45, 7) is 7.72. The largest absolute Gasteiger partial charge is 0.338 e. The van der Waals surface area contributed by atoms with Crippen LogP contribution >= 0.6 is 36.6 Å². The summed E-state index contributed by atoms with van der Waals surface area (Å²) in [6, 6.07) is 8.17. The molecule has 3 rings (SSSR count). The summed E-state index contributed by atoms with van der Waals surface area (Å²) in [7, 11) is 0. The zero-order valence-electron chi connectivity index (χ0n) is 14.8. The van der Waals surface area contributed by atoms with Gasteiger partial charge in [-0.2, -0.15) is 11.8 Å². The van der Waals surface area contributed by atoms with Crippen molar-refractivity contribution in [2.24, 2.45) is 11.1 Å². The average molecular weight is 406 g/mol. The van der Waals surface area contributed by atoms with Crippen molar-refractivity contribution < 1.29 is 4.79 Å². The van der Waals surface area contributed by atoms with Gasteiger partial charge >= 0.3 is 0 Å². The smallest absolute Gasteiger partial charge is 0.253 e. The SMILES string of the molecule is CC1(CN)CCN(C(=O)c2ccc(CN3CCSCC3)cc2)C1.Cl.Cl. The molecule has 0 bridgehead atoms. The molecule has 1 aromatic rings. The second kappa shape index (κ2) is 10.0. The van der Waals surface area contributed by atoms with Gasteiger partial charge in [-0.25, -0.2) is 0 Å². The molecular formula is C18H29Cl2N3OS. The Labute approximate surface area is 167 Å². The van der Waals surface area contributed by atoms with Gasteiger partial charge in [0.25, 0.3) is 5.91 Å². The minimum absolute atomic E-state index is 0. The molecule has 2 heterocycles. The van der Waals surface area contributed by atoms with E-state index in [2.05, 4.69) is 24.0 Å². The molecule has 1 unspecified atom stereocenters. The molecule has 2 saturated heterocycles. The number of carbonyl (C=O) groups is 1. The molecule has 2 fully saturated rings. The fourth-order valence-corrected chi connectivity index (χ4v) is 4.30. The summed E-state index contributed by atoms with van der Waals surface area (Å²) in [5.41, 5.74) is 8.01. The highest BCUT2D eigenvalue weighted by Crippen LogP contribution is 2.29. The van der Waals surface area contributed by atoms with Crippen LogP contribution in [-0.2, 0) is 6.54 Å². The number of thioether (sulfide) groups is 1. The lowest BCUT2D eigenvalue weighted by Crippen LogP contribution is -2.34. The van der Waals surface area contributed by atoms with Crippen molar-refractivity contribution >= 4 is 42.5 Å². The second-order valence-electron chi connectivity index (χ2n) is 7.08.